The largest absolute Gasteiger partial charge is 0.452 e. The number of nitrogens with one attached hydrogen (secondary N) is 2. The van der Waals surface area contributed by atoms with Crippen molar-refractivity contribution in [3.8, 4) is 0 Å². The molecule has 0 rings (SSSR count). The van der Waals surface area contributed by atoms with Crippen molar-refractivity contribution in [2.45, 2.75) is 19.4 Å². The Morgan fingerprint density at radius 3 is 2.50 bits per heavy atom. The van der Waals surface area contributed by atoms with Crippen LogP contribution < -0.4 is 9.44 Å². The van der Waals surface area contributed by atoms with Gasteiger partial charge in [-0.25, -0.2) is 9.52 Å². The van der Waals surface area contributed by atoms with Gasteiger partial charge >= 0.3 is 16.3 Å². The molecular weight excluding hydrogens is 232 g/mol. The average molecular weight is 245 g/mol. The summed E-state index contributed by atoms with van der Waals surface area (Å²) >= 11 is 5.47. The summed E-state index contributed by atoms with van der Waals surface area (Å²) in [6, 6.07) is -0.404. The number of amides is 1. The topological polar surface area (TPSA) is 84.5 Å². The van der Waals surface area contributed by atoms with Gasteiger partial charge in [-0.3, -0.25) is 0 Å². The molecule has 0 fully saturated rings. The number of hydrogen-bond acceptors (Lipinski definition) is 4. The Morgan fingerprint density at radius 2 is 2.14 bits per heavy atom. The normalized spacial score (nSPS) is 13.4. The second kappa shape index (κ2) is 6.05. The second-order valence-corrected chi connectivity index (χ2v) is 4.23. The van der Waals surface area contributed by atoms with Gasteiger partial charge in [0.25, 0.3) is 0 Å². The fraction of sp³-hybridized carbons (Fsp3) is 0.833. The number of halogens is 1. The number of alkyl halides is 1. The van der Waals surface area contributed by atoms with Gasteiger partial charge < -0.3 is 4.74 Å². The fourth-order valence-electron chi connectivity index (χ4n) is 0.624. The van der Waals surface area contributed by atoms with E-state index >= 15 is 0 Å². The zero-order valence-electron chi connectivity index (χ0n) is 7.91. The van der Waals surface area contributed by atoms with Gasteiger partial charge in [-0.15, -0.1) is 11.6 Å². The summed E-state index contributed by atoms with van der Waals surface area (Å²) in [6.45, 7) is 1.77. The van der Waals surface area contributed by atoms with E-state index in [0.29, 0.717) is 6.42 Å². The maximum atomic E-state index is 11.1. The molecule has 0 aliphatic heterocycles. The molecule has 0 aromatic carbocycles. The fourth-order valence-corrected chi connectivity index (χ4v) is 2.06. The predicted molar refractivity (Wildman–Crippen MR) is 52.4 cm³/mol. The molecule has 2 N–H and O–H groups in total. The molecule has 0 saturated heterocycles. The van der Waals surface area contributed by atoms with Gasteiger partial charge in [0, 0.05) is 11.9 Å². The smallest absolute Gasteiger partial charge is 0.421 e. The highest BCUT2D eigenvalue weighted by atomic mass is 35.5. The molecule has 0 bridgehead atoms. The van der Waals surface area contributed by atoms with E-state index in [2.05, 4.69) is 9.46 Å². The van der Waals surface area contributed by atoms with Crippen LogP contribution in [0.3, 0.4) is 0 Å². The summed E-state index contributed by atoms with van der Waals surface area (Å²) in [5.74, 6) is 0.137. The first-order valence-corrected chi connectivity index (χ1v) is 5.91. The number of carbonyl (C=O) groups is 1. The minimum Gasteiger partial charge on any atom is -0.452 e. The van der Waals surface area contributed by atoms with Crippen molar-refractivity contribution in [2.24, 2.45) is 0 Å². The first-order valence-electron chi connectivity index (χ1n) is 3.89. The zero-order chi connectivity index (χ0) is 11.2. The lowest BCUT2D eigenvalue weighted by Gasteiger charge is -2.13. The van der Waals surface area contributed by atoms with Crippen molar-refractivity contribution in [1.29, 1.82) is 0 Å². The Labute approximate surface area is 88.1 Å². The molecule has 1 atom stereocenters. The Bertz CT molecular complexity index is 276. The SMILES string of the molecule is CCC(CCl)NS(=O)(=O)NC(=O)OC. The van der Waals surface area contributed by atoms with Crippen LogP contribution in [0.4, 0.5) is 4.79 Å². The second-order valence-electron chi connectivity index (χ2n) is 2.47. The first kappa shape index (κ1) is 13.5. The van der Waals surface area contributed by atoms with E-state index < -0.39 is 22.3 Å². The molecule has 0 saturated carbocycles. The molecule has 6 nitrogen and oxygen atoms in total. The Hall–Kier alpha value is -0.530. The summed E-state index contributed by atoms with van der Waals surface area (Å²) in [5.41, 5.74) is 0. The minimum atomic E-state index is -3.88. The molecule has 1 unspecified atom stereocenters. The van der Waals surface area contributed by atoms with Crippen LogP contribution in [-0.2, 0) is 14.9 Å². The third-order valence-electron chi connectivity index (χ3n) is 1.40. The van der Waals surface area contributed by atoms with Gasteiger partial charge in [0.1, 0.15) is 0 Å². The van der Waals surface area contributed by atoms with Crippen LogP contribution in [0, 0.1) is 0 Å². The van der Waals surface area contributed by atoms with E-state index in [4.69, 9.17) is 11.6 Å². The van der Waals surface area contributed by atoms with Crippen molar-refractivity contribution in [2.75, 3.05) is 13.0 Å². The highest BCUT2D eigenvalue weighted by Crippen LogP contribution is 1.95. The predicted octanol–water partition coefficient (Wildman–Crippen LogP) is 0.194. The highest BCUT2D eigenvalue weighted by Gasteiger charge is 2.18. The summed E-state index contributed by atoms with van der Waals surface area (Å²) in [5, 5.41) is 0. The quantitative estimate of drug-likeness (QED) is 0.677. The van der Waals surface area contributed by atoms with Gasteiger partial charge in [0.05, 0.1) is 7.11 Å². The number of ether oxygens (including phenoxy) is 1. The van der Waals surface area contributed by atoms with Gasteiger partial charge in [-0.05, 0) is 6.42 Å². The van der Waals surface area contributed by atoms with Crippen LogP contribution in [-0.4, -0.2) is 33.5 Å². The van der Waals surface area contributed by atoms with Gasteiger partial charge in [0.2, 0.25) is 0 Å². The van der Waals surface area contributed by atoms with Crippen LogP contribution in [0.25, 0.3) is 0 Å². The van der Waals surface area contributed by atoms with E-state index in [9.17, 15) is 13.2 Å². The summed E-state index contributed by atoms with van der Waals surface area (Å²) in [4.78, 5) is 10.6. The van der Waals surface area contributed by atoms with Gasteiger partial charge in [-0.1, -0.05) is 6.92 Å². The summed E-state index contributed by atoms with van der Waals surface area (Å²) in [7, 11) is -2.80. The Morgan fingerprint density at radius 1 is 1.57 bits per heavy atom. The molecule has 14 heavy (non-hydrogen) atoms. The molecule has 0 spiro atoms. The molecule has 0 aromatic heterocycles. The minimum absolute atomic E-state index is 0.137. The maximum absolute atomic E-state index is 11.1. The zero-order valence-corrected chi connectivity index (χ0v) is 9.48. The van der Waals surface area contributed by atoms with E-state index in [1.165, 1.54) is 0 Å². The lowest BCUT2D eigenvalue weighted by atomic mass is 10.3. The number of hydrogen-bond donors (Lipinski definition) is 2. The van der Waals surface area contributed by atoms with Crippen molar-refractivity contribution in [3.05, 3.63) is 0 Å². The average Bonchev–Trinajstić information content (AvgIpc) is 2.13. The monoisotopic (exact) mass is 244 g/mol. The molecule has 0 aliphatic rings. The standard InChI is InChI=1S/C6H13ClN2O4S/c1-3-5(4-7)8-14(11,12)9-6(10)13-2/h5,8H,3-4H2,1-2H3,(H,9,10). The van der Waals surface area contributed by atoms with Crippen molar-refractivity contribution in [3.63, 3.8) is 0 Å². The number of rotatable bonds is 5. The molecule has 84 valence electrons. The molecular formula is C6H13ClN2O4S. The Balaban J connectivity index is 4.27. The van der Waals surface area contributed by atoms with Crippen molar-refractivity contribution < 1.29 is 17.9 Å². The van der Waals surface area contributed by atoms with Crippen LogP contribution >= 0.6 is 11.6 Å². The summed E-state index contributed by atoms with van der Waals surface area (Å²) in [6.07, 6.45) is -0.507. The third-order valence-corrected chi connectivity index (χ3v) is 2.86. The van der Waals surface area contributed by atoms with Gasteiger partial charge in [0.15, 0.2) is 0 Å². The first-order chi connectivity index (χ1) is 6.45. The van der Waals surface area contributed by atoms with E-state index in [1.54, 1.807) is 11.6 Å². The van der Waals surface area contributed by atoms with Crippen LogP contribution in [0.15, 0.2) is 0 Å². The van der Waals surface area contributed by atoms with E-state index in [1.807, 2.05) is 0 Å². The number of methoxy groups -OCH3 is 1. The van der Waals surface area contributed by atoms with Crippen LogP contribution in [0.5, 0.6) is 0 Å². The van der Waals surface area contributed by atoms with Crippen molar-refractivity contribution in [1.82, 2.24) is 9.44 Å². The van der Waals surface area contributed by atoms with E-state index in [0.717, 1.165) is 7.11 Å². The highest BCUT2D eigenvalue weighted by molar-refractivity contribution is 7.88. The third kappa shape index (κ3) is 5.25. The molecule has 0 heterocycles. The van der Waals surface area contributed by atoms with Crippen molar-refractivity contribution >= 4 is 27.9 Å². The lowest BCUT2D eigenvalue weighted by Crippen LogP contribution is -2.45. The molecule has 0 aromatic rings. The molecule has 1 amide bonds. The Kier molecular flexibility index (Phi) is 5.82. The van der Waals surface area contributed by atoms with Gasteiger partial charge in [-0.2, -0.15) is 13.1 Å². The number of carbonyl (C=O) groups excluding carboxylic acids is 1. The molecule has 0 radical (unpaired) electrons. The summed E-state index contributed by atoms with van der Waals surface area (Å²) < 4.78 is 30.3. The van der Waals surface area contributed by atoms with E-state index in [-0.39, 0.29) is 5.88 Å². The lowest BCUT2D eigenvalue weighted by molar-refractivity contribution is 0.177. The molecule has 0 aliphatic carbocycles. The molecule has 8 heteroatoms. The van der Waals surface area contributed by atoms with Crippen LogP contribution in [0.1, 0.15) is 13.3 Å². The maximum Gasteiger partial charge on any atom is 0.421 e. The van der Waals surface area contributed by atoms with Crippen LogP contribution in [0.2, 0.25) is 0 Å².